The molecule has 0 saturated carbocycles. The van der Waals surface area contributed by atoms with Crippen LogP contribution in [0.3, 0.4) is 0 Å². The third-order valence-corrected chi connectivity index (χ3v) is 5.11. The fourth-order valence-electron chi connectivity index (χ4n) is 4.19. The summed E-state index contributed by atoms with van der Waals surface area (Å²) in [5, 5.41) is 22.5. The largest absolute Gasteiger partial charge is 0.481 e. The van der Waals surface area contributed by atoms with Crippen LogP contribution >= 0.6 is 0 Å². The molecule has 1 fully saturated rings. The smallest absolute Gasteiger partial charge is 0.324 e. The summed E-state index contributed by atoms with van der Waals surface area (Å²) in [6.45, 7) is 10.9. The Morgan fingerprint density at radius 3 is 1.79 bits per heavy atom. The number of carboxylic acids is 2. The van der Waals surface area contributed by atoms with Gasteiger partial charge in [-0.2, -0.15) is 0 Å². The molecule has 19 heavy (non-hydrogen) atoms. The maximum absolute atomic E-state index is 12.0. The lowest BCUT2D eigenvalue weighted by molar-refractivity contribution is -0.163. The molecule has 0 unspecified atom stereocenters. The summed E-state index contributed by atoms with van der Waals surface area (Å²) < 4.78 is 0. The fraction of sp³-hybridized carbons (Fsp3) is 0.857. The van der Waals surface area contributed by atoms with Crippen molar-refractivity contribution in [3.8, 4) is 0 Å². The first-order valence-electron chi connectivity index (χ1n) is 6.73. The highest BCUT2D eigenvalue weighted by Crippen LogP contribution is 2.56. The van der Waals surface area contributed by atoms with Crippen molar-refractivity contribution in [3.63, 3.8) is 0 Å². The van der Waals surface area contributed by atoms with E-state index in [1.807, 2.05) is 20.8 Å². The average molecular weight is 271 g/mol. The summed E-state index contributed by atoms with van der Waals surface area (Å²) in [6.07, 6.45) is 0.360. The normalized spacial score (nSPS) is 39.3. The summed E-state index contributed by atoms with van der Waals surface area (Å²) >= 11 is 0. The maximum Gasteiger partial charge on any atom is 0.324 e. The summed E-state index contributed by atoms with van der Waals surface area (Å²) in [6, 6.07) is -0.406. The first-order chi connectivity index (χ1) is 8.48. The first kappa shape index (κ1) is 16.0. The van der Waals surface area contributed by atoms with Crippen LogP contribution in [-0.2, 0) is 9.59 Å². The molecule has 0 aromatic carbocycles. The maximum atomic E-state index is 12.0. The Labute approximate surface area is 114 Å². The van der Waals surface area contributed by atoms with Crippen LogP contribution in [0.5, 0.6) is 0 Å². The Bertz CT molecular complexity index is 401. The Hall–Kier alpha value is -1.10. The topological polar surface area (TPSA) is 86.6 Å². The molecular weight excluding hydrogens is 246 g/mol. The molecule has 0 amide bonds. The second kappa shape index (κ2) is 4.47. The van der Waals surface area contributed by atoms with Gasteiger partial charge in [0.2, 0.25) is 0 Å². The van der Waals surface area contributed by atoms with Gasteiger partial charge in [0.25, 0.3) is 0 Å². The second-order valence-corrected chi connectivity index (χ2v) is 6.64. The van der Waals surface area contributed by atoms with Gasteiger partial charge >= 0.3 is 11.9 Å². The van der Waals surface area contributed by atoms with Crippen LogP contribution in [0.2, 0.25) is 0 Å². The van der Waals surface area contributed by atoms with Crippen molar-refractivity contribution in [3.05, 3.63) is 0 Å². The molecule has 1 aliphatic heterocycles. The van der Waals surface area contributed by atoms with Gasteiger partial charge in [0.05, 0.1) is 5.41 Å². The van der Waals surface area contributed by atoms with Gasteiger partial charge in [-0.1, -0.05) is 34.6 Å². The third-order valence-electron chi connectivity index (χ3n) is 5.11. The van der Waals surface area contributed by atoms with E-state index >= 15 is 0 Å². The molecule has 110 valence electrons. The molecule has 0 spiro atoms. The molecule has 4 atom stereocenters. The monoisotopic (exact) mass is 271 g/mol. The number of rotatable bonds is 3. The van der Waals surface area contributed by atoms with Gasteiger partial charge in [-0.15, -0.1) is 0 Å². The van der Waals surface area contributed by atoms with Crippen LogP contribution in [-0.4, -0.2) is 33.7 Å². The molecule has 5 nitrogen and oxygen atoms in total. The lowest BCUT2D eigenvalue weighted by atomic mass is 9.55. The predicted molar refractivity (Wildman–Crippen MR) is 71.9 cm³/mol. The van der Waals surface area contributed by atoms with Crippen LogP contribution in [0.25, 0.3) is 0 Å². The van der Waals surface area contributed by atoms with Crippen molar-refractivity contribution in [1.29, 1.82) is 0 Å². The van der Waals surface area contributed by atoms with E-state index in [9.17, 15) is 19.8 Å². The molecule has 0 aromatic heterocycles. The van der Waals surface area contributed by atoms with E-state index < -0.39 is 40.3 Å². The van der Waals surface area contributed by atoms with Crippen LogP contribution in [0.4, 0.5) is 0 Å². The average Bonchev–Trinajstić information content (AvgIpc) is 2.47. The number of hydrogen-bond acceptors (Lipinski definition) is 3. The number of aliphatic carboxylic acids is 2. The van der Waals surface area contributed by atoms with Crippen molar-refractivity contribution >= 4 is 11.9 Å². The molecule has 1 heterocycles. The lowest BCUT2D eigenvalue weighted by Gasteiger charge is -2.45. The van der Waals surface area contributed by atoms with Gasteiger partial charge in [-0.3, -0.25) is 14.9 Å². The lowest BCUT2D eigenvalue weighted by Crippen LogP contribution is -2.55. The molecule has 3 N–H and O–H groups in total. The molecular formula is C14H25NO4. The van der Waals surface area contributed by atoms with Crippen LogP contribution < -0.4 is 5.32 Å². The van der Waals surface area contributed by atoms with Crippen LogP contribution in [0.15, 0.2) is 0 Å². The minimum Gasteiger partial charge on any atom is -0.481 e. The quantitative estimate of drug-likeness (QED) is 0.730. The molecule has 0 radical (unpaired) electrons. The number of carbonyl (C=O) groups is 2. The highest BCUT2D eigenvalue weighted by atomic mass is 16.4. The van der Waals surface area contributed by atoms with Gasteiger partial charge in [0.15, 0.2) is 0 Å². The number of hydrogen-bond donors (Lipinski definition) is 3. The number of nitrogens with one attached hydrogen (secondary N) is 1. The predicted octanol–water partition coefficient (Wildman–Crippen LogP) is 1.96. The molecule has 1 rings (SSSR count). The minimum absolute atomic E-state index is 0.360. The van der Waals surface area contributed by atoms with E-state index in [1.54, 1.807) is 20.8 Å². The molecule has 0 aliphatic carbocycles. The summed E-state index contributed by atoms with van der Waals surface area (Å²) in [4.78, 5) is 23.7. The Morgan fingerprint density at radius 1 is 1.16 bits per heavy atom. The zero-order valence-corrected chi connectivity index (χ0v) is 12.6. The van der Waals surface area contributed by atoms with Gasteiger partial charge in [-0.25, -0.2) is 0 Å². The standard InChI is InChI=1S/C14H25NO4/c1-7-13(10(16)17)8(2)14(11(18)19,9(3)15-13)12(4,5)6/h8-9,15H,7H2,1-6H3,(H,16,17)(H,18,19)/t8-,9-,13+,14+/m1/s1. The second-order valence-electron chi connectivity index (χ2n) is 6.64. The molecule has 1 saturated heterocycles. The summed E-state index contributed by atoms with van der Waals surface area (Å²) in [7, 11) is 0. The zero-order valence-electron chi connectivity index (χ0n) is 12.6. The Kier molecular flexibility index (Phi) is 3.76. The third kappa shape index (κ3) is 1.78. The van der Waals surface area contributed by atoms with E-state index in [2.05, 4.69) is 5.32 Å². The van der Waals surface area contributed by atoms with E-state index in [-0.39, 0.29) is 0 Å². The van der Waals surface area contributed by atoms with Gasteiger partial charge in [0, 0.05) is 12.0 Å². The molecule has 1 aliphatic rings. The SMILES string of the molecule is CC[C@]1(C(=O)O)N[C@H](C)[C@@](C(=O)O)(C(C)(C)C)[C@@H]1C. The molecule has 0 aromatic rings. The van der Waals surface area contributed by atoms with Crippen molar-refractivity contribution in [2.24, 2.45) is 16.7 Å². The summed E-state index contributed by atoms with van der Waals surface area (Å²) in [5.41, 5.74) is -2.83. The van der Waals surface area contributed by atoms with E-state index in [4.69, 9.17) is 0 Å². The Morgan fingerprint density at radius 2 is 1.63 bits per heavy atom. The van der Waals surface area contributed by atoms with Crippen LogP contribution in [0, 0.1) is 16.7 Å². The summed E-state index contributed by atoms with van der Waals surface area (Å²) in [5.74, 6) is -2.40. The Balaban J connectivity index is 3.53. The highest BCUT2D eigenvalue weighted by molar-refractivity contribution is 5.85. The number of carboxylic acid groups (broad SMARTS) is 2. The van der Waals surface area contributed by atoms with Crippen molar-refractivity contribution in [1.82, 2.24) is 5.32 Å². The van der Waals surface area contributed by atoms with Crippen molar-refractivity contribution in [2.45, 2.75) is 59.5 Å². The van der Waals surface area contributed by atoms with Gasteiger partial charge < -0.3 is 10.2 Å². The van der Waals surface area contributed by atoms with Gasteiger partial charge in [-0.05, 0) is 18.8 Å². The van der Waals surface area contributed by atoms with E-state index in [0.717, 1.165) is 0 Å². The van der Waals surface area contributed by atoms with Crippen LogP contribution in [0.1, 0.15) is 48.0 Å². The molecule has 5 heteroatoms. The van der Waals surface area contributed by atoms with E-state index in [0.29, 0.717) is 6.42 Å². The minimum atomic E-state index is -1.18. The zero-order chi connectivity index (χ0) is 15.2. The first-order valence-corrected chi connectivity index (χ1v) is 6.73. The fourth-order valence-corrected chi connectivity index (χ4v) is 4.19. The molecule has 0 bridgehead atoms. The highest BCUT2D eigenvalue weighted by Gasteiger charge is 2.69. The van der Waals surface area contributed by atoms with Crippen molar-refractivity contribution in [2.75, 3.05) is 0 Å². The van der Waals surface area contributed by atoms with Crippen molar-refractivity contribution < 1.29 is 19.8 Å². The van der Waals surface area contributed by atoms with E-state index in [1.165, 1.54) is 0 Å². The van der Waals surface area contributed by atoms with Gasteiger partial charge in [0.1, 0.15) is 5.54 Å².